The van der Waals surface area contributed by atoms with Gasteiger partial charge in [0.25, 0.3) is 0 Å². The van der Waals surface area contributed by atoms with E-state index in [-0.39, 0.29) is 35.1 Å². The fourth-order valence-electron chi connectivity index (χ4n) is 4.71. The zero-order valence-electron chi connectivity index (χ0n) is 18.2. The van der Waals surface area contributed by atoms with Crippen molar-refractivity contribution in [2.75, 3.05) is 19.1 Å². The molecule has 2 N–H and O–H groups in total. The summed E-state index contributed by atoms with van der Waals surface area (Å²) in [5.74, 6) is 0.288. The maximum atomic E-state index is 14.9. The molecule has 0 amide bonds. The van der Waals surface area contributed by atoms with Crippen LogP contribution in [0, 0.1) is 5.82 Å². The molecule has 172 valence electrons. The fraction of sp³-hybridized carbons (Fsp3) is 0.391. The van der Waals surface area contributed by atoms with E-state index in [2.05, 4.69) is 25.5 Å². The molecule has 33 heavy (non-hydrogen) atoms. The number of ether oxygens (including phenoxy) is 1. The van der Waals surface area contributed by atoms with Crippen molar-refractivity contribution in [3.8, 4) is 34.1 Å². The lowest BCUT2D eigenvalue weighted by molar-refractivity contribution is 0.176. The van der Waals surface area contributed by atoms with Gasteiger partial charge in [-0.2, -0.15) is 0 Å². The van der Waals surface area contributed by atoms with Crippen LogP contribution in [0.25, 0.3) is 22.5 Å². The highest BCUT2D eigenvalue weighted by atomic mass is 19.1. The van der Waals surface area contributed by atoms with E-state index in [0.717, 1.165) is 19.0 Å². The highest BCUT2D eigenvalue weighted by Crippen LogP contribution is 2.35. The van der Waals surface area contributed by atoms with Gasteiger partial charge in [-0.3, -0.25) is 0 Å². The van der Waals surface area contributed by atoms with Crippen LogP contribution in [0.15, 0.2) is 36.7 Å². The molecule has 2 saturated heterocycles. The lowest BCUT2D eigenvalue weighted by Crippen LogP contribution is -2.55. The molecule has 0 aliphatic carbocycles. The molecule has 2 fully saturated rings. The third-order valence-corrected chi connectivity index (χ3v) is 6.55. The van der Waals surface area contributed by atoms with Crippen LogP contribution in [0.5, 0.6) is 11.6 Å². The van der Waals surface area contributed by atoms with Crippen LogP contribution >= 0.6 is 0 Å². The monoisotopic (exact) mass is 454 g/mol. The van der Waals surface area contributed by atoms with Crippen LogP contribution in [-0.4, -0.2) is 63.7 Å². The number of fused-ring (bicyclic) bond motifs is 2. The molecule has 8 nitrogen and oxygen atoms in total. The van der Waals surface area contributed by atoms with Gasteiger partial charge in [0, 0.05) is 30.8 Å². The summed E-state index contributed by atoms with van der Waals surface area (Å²) in [6.45, 7) is 0. The average Bonchev–Trinajstić information content (AvgIpc) is 3.25. The number of phenols is 1. The lowest BCUT2D eigenvalue weighted by atomic mass is 9.96. The van der Waals surface area contributed by atoms with Gasteiger partial charge >= 0.3 is 0 Å². The third kappa shape index (κ3) is 3.95. The number of halogens is 2. The Hall–Kier alpha value is -3.40. The van der Waals surface area contributed by atoms with Crippen molar-refractivity contribution in [1.29, 1.82) is 0 Å². The van der Waals surface area contributed by atoms with Crippen molar-refractivity contribution in [3.63, 3.8) is 0 Å². The van der Waals surface area contributed by atoms with Crippen molar-refractivity contribution in [1.82, 2.24) is 25.5 Å². The first-order chi connectivity index (χ1) is 15.9. The van der Waals surface area contributed by atoms with Crippen molar-refractivity contribution >= 4 is 5.82 Å². The Morgan fingerprint density at radius 3 is 2.70 bits per heavy atom. The molecule has 0 radical (unpaired) electrons. The summed E-state index contributed by atoms with van der Waals surface area (Å²) in [5.41, 5.74) is 1.05. The molecule has 1 aromatic carbocycles. The second-order valence-corrected chi connectivity index (χ2v) is 8.48. The molecule has 0 spiro atoms. The molecule has 5 rings (SSSR count). The minimum Gasteiger partial charge on any atom is -0.507 e. The molecule has 2 aliphatic heterocycles. The molecule has 4 heterocycles. The van der Waals surface area contributed by atoms with Gasteiger partial charge < -0.3 is 20.1 Å². The predicted molar refractivity (Wildman–Crippen MR) is 118 cm³/mol. The Labute approximate surface area is 189 Å². The number of phenolic OH excluding ortho intramolecular Hbond substituents is 1. The van der Waals surface area contributed by atoms with Gasteiger partial charge in [0.05, 0.1) is 31.1 Å². The maximum Gasteiger partial charge on any atom is 0.213 e. The molecule has 2 aliphatic rings. The van der Waals surface area contributed by atoms with Crippen molar-refractivity contribution < 1.29 is 18.6 Å². The number of nitrogens with one attached hydrogen (secondary N) is 1. The molecular weight excluding hydrogens is 430 g/mol. The number of pyridine rings is 1. The van der Waals surface area contributed by atoms with Crippen LogP contribution in [-0.2, 0) is 0 Å². The molecule has 3 aromatic rings. The van der Waals surface area contributed by atoms with E-state index in [0.29, 0.717) is 29.4 Å². The fourth-order valence-corrected chi connectivity index (χ4v) is 4.71. The quantitative estimate of drug-likeness (QED) is 0.607. The van der Waals surface area contributed by atoms with Gasteiger partial charge in [0.2, 0.25) is 5.88 Å². The minimum atomic E-state index is -0.987. The van der Waals surface area contributed by atoms with E-state index in [4.69, 9.17) is 4.74 Å². The summed E-state index contributed by atoms with van der Waals surface area (Å²) in [7, 11) is 3.25. The topological polar surface area (TPSA) is 96.3 Å². The van der Waals surface area contributed by atoms with Gasteiger partial charge in [-0.1, -0.05) is 6.07 Å². The van der Waals surface area contributed by atoms with Crippen LogP contribution in [0.4, 0.5) is 14.6 Å². The molecule has 4 atom stereocenters. The summed E-state index contributed by atoms with van der Waals surface area (Å²) in [6.07, 6.45) is 4.15. The van der Waals surface area contributed by atoms with E-state index in [1.54, 1.807) is 24.1 Å². The van der Waals surface area contributed by atoms with Crippen LogP contribution < -0.4 is 15.0 Å². The van der Waals surface area contributed by atoms with E-state index in [1.165, 1.54) is 25.4 Å². The third-order valence-electron chi connectivity index (χ3n) is 6.55. The van der Waals surface area contributed by atoms with Crippen molar-refractivity contribution in [2.24, 2.45) is 0 Å². The Balaban J connectivity index is 1.37. The minimum absolute atomic E-state index is 0.114. The molecule has 0 saturated carbocycles. The number of alkyl halides is 1. The normalized spacial score (nSPS) is 24.0. The van der Waals surface area contributed by atoms with Gasteiger partial charge in [-0.25, -0.2) is 18.7 Å². The first kappa shape index (κ1) is 21.4. The summed E-state index contributed by atoms with van der Waals surface area (Å²) in [6, 6.07) is 6.05. The Morgan fingerprint density at radius 2 is 1.97 bits per heavy atom. The van der Waals surface area contributed by atoms with E-state index < -0.39 is 12.0 Å². The van der Waals surface area contributed by atoms with E-state index >= 15 is 0 Å². The van der Waals surface area contributed by atoms with Gasteiger partial charge in [-0.15, -0.1) is 10.2 Å². The largest absolute Gasteiger partial charge is 0.507 e. The lowest BCUT2D eigenvalue weighted by Gasteiger charge is -2.38. The standard InChI is InChI=1S/C23H24F2N6O2/c1-31(18-8-13-4-6-17(28-13)22(18)25)20-11-27-23(30-29-20)14-5-3-12(7-19(14)32)15-9-21(33-2)26-10-16(15)24/h3,5,7,9-11,13,17-18,22,28,32H,4,6,8H2,1-2H3/t13-,17+,18+,22-/m0/s1. The summed E-state index contributed by atoms with van der Waals surface area (Å²) in [5, 5.41) is 22.3. The Kier molecular flexibility index (Phi) is 5.53. The van der Waals surface area contributed by atoms with Gasteiger partial charge in [0.1, 0.15) is 17.7 Å². The zero-order chi connectivity index (χ0) is 23.1. The van der Waals surface area contributed by atoms with Crippen LogP contribution in [0.3, 0.4) is 0 Å². The molecule has 0 unspecified atom stereocenters. The van der Waals surface area contributed by atoms with E-state index in [1.807, 2.05) is 0 Å². The molecule has 2 aromatic heterocycles. The number of nitrogens with zero attached hydrogens (tertiary/aromatic N) is 5. The number of methoxy groups -OCH3 is 1. The number of piperidine rings is 1. The highest BCUT2D eigenvalue weighted by Gasteiger charge is 2.43. The summed E-state index contributed by atoms with van der Waals surface area (Å²) >= 11 is 0. The first-order valence-corrected chi connectivity index (χ1v) is 10.8. The number of rotatable bonds is 5. The predicted octanol–water partition coefficient (Wildman–Crippen LogP) is 3.12. The SMILES string of the molecule is COc1cc(-c2ccc(-c3ncc(N(C)[C@@H]4C[C@@H]5CC[C@@H](N5)[C@@H]4F)nn3)c(O)c2)c(F)cn1. The second kappa shape index (κ2) is 8.51. The number of benzene rings is 1. The number of aromatic hydroxyl groups is 1. The number of hydrogen-bond donors (Lipinski definition) is 2. The summed E-state index contributed by atoms with van der Waals surface area (Å²) in [4.78, 5) is 9.95. The second-order valence-electron chi connectivity index (χ2n) is 8.48. The van der Waals surface area contributed by atoms with E-state index in [9.17, 15) is 13.9 Å². The van der Waals surface area contributed by atoms with Crippen molar-refractivity contribution in [3.05, 3.63) is 42.5 Å². The van der Waals surface area contributed by atoms with Crippen LogP contribution in [0.2, 0.25) is 0 Å². The Bertz CT molecular complexity index is 1160. The molecule has 2 bridgehead atoms. The number of hydrogen-bond acceptors (Lipinski definition) is 8. The zero-order valence-corrected chi connectivity index (χ0v) is 18.2. The molecular formula is C23H24F2N6O2. The Morgan fingerprint density at radius 1 is 1.12 bits per heavy atom. The van der Waals surface area contributed by atoms with Crippen LogP contribution in [0.1, 0.15) is 19.3 Å². The maximum absolute atomic E-state index is 14.9. The number of aromatic nitrogens is 4. The summed E-state index contributed by atoms with van der Waals surface area (Å²) < 4.78 is 34.2. The first-order valence-electron chi connectivity index (χ1n) is 10.8. The smallest absolute Gasteiger partial charge is 0.213 e. The number of anilines is 1. The van der Waals surface area contributed by atoms with Gasteiger partial charge in [0.15, 0.2) is 11.6 Å². The average molecular weight is 454 g/mol. The molecule has 10 heteroatoms. The highest BCUT2D eigenvalue weighted by molar-refractivity contribution is 5.73. The van der Waals surface area contributed by atoms with Gasteiger partial charge in [-0.05, 0) is 37.0 Å². The van der Waals surface area contributed by atoms with Crippen molar-refractivity contribution in [2.45, 2.75) is 43.6 Å².